The minimum absolute atomic E-state index is 0.218. The highest BCUT2D eigenvalue weighted by Crippen LogP contribution is 2.31. The number of ether oxygens (including phenoxy) is 1. The van der Waals surface area contributed by atoms with Crippen molar-refractivity contribution in [1.29, 1.82) is 0 Å². The molecule has 0 saturated heterocycles. The molecule has 0 aromatic carbocycles. The predicted octanol–water partition coefficient (Wildman–Crippen LogP) is 2.40. The summed E-state index contributed by atoms with van der Waals surface area (Å²) < 4.78 is 5.63. The average molecular weight is 224 g/mol. The second-order valence-electron chi connectivity index (χ2n) is 3.79. The molecule has 1 aliphatic carbocycles. The van der Waals surface area contributed by atoms with Gasteiger partial charge in [-0.15, -0.1) is 0 Å². The van der Waals surface area contributed by atoms with Crippen LogP contribution in [0.4, 0.5) is 0 Å². The quantitative estimate of drug-likeness (QED) is 0.813. The van der Waals surface area contributed by atoms with Gasteiger partial charge in [0, 0.05) is 6.20 Å². The normalized spacial score (nSPS) is 15.8. The Labute approximate surface area is 91.6 Å². The number of nitrogens with one attached hydrogen (secondary N) is 1. The van der Waals surface area contributed by atoms with Gasteiger partial charge in [0.25, 0.3) is 0 Å². The van der Waals surface area contributed by atoms with E-state index in [9.17, 15) is 0 Å². The lowest BCUT2D eigenvalue weighted by Crippen LogP contribution is -2.01. The van der Waals surface area contributed by atoms with Crippen molar-refractivity contribution in [2.75, 3.05) is 6.61 Å². The minimum Gasteiger partial charge on any atom is -0.477 e. The highest BCUT2D eigenvalue weighted by molar-refractivity contribution is 6.28. The Bertz CT molecular complexity index is 492. The first kappa shape index (κ1) is 8.97. The molecule has 0 radical (unpaired) electrons. The van der Waals surface area contributed by atoms with Crippen molar-refractivity contribution < 1.29 is 4.74 Å². The molecule has 78 valence electrons. The van der Waals surface area contributed by atoms with Crippen molar-refractivity contribution in [1.82, 2.24) is 15.0 Å². The lowest BCUT2D eigenvalue weighted by Gasteiger charge is -2.04. The van der Waals surface area contributed by atoms with Gasteiger partial charge in [0.15, 0.2) is 0 Å². The van der Waals surface area contributed by atoms with Crippen LogP contribution in [0.5, 0.6) is 5.88 Å². The van der Waals surface area contributed by atoms with Crippen molar-refractivity contribution in [2.24, 2.45) is 5.92 Å². The van der Waals surface area contributed by atoms with Crippen molar-refractivity contribution in [3.8, 4) is 5.88 Å². The van der Waals surface area contributed by atoms with E-state index < -0.39 is 0 Å². The Balaban J connectivity index is 1.95. The third-order valence-corrected chi connectivity index (χ3v) is 2.68. The number of hydrogen-bond donors (Lipinski definition) is 1. The summed E-state index contributed by atoms with van der Waals surface area (Å²) in [5.74, 6) is 1.28. The zero-order chi connectivity index (χ0) is 10.3. The third kappa shape index (κ3) is 1.77. The maximum atomic E-state index is 5.79. The molecule has 0 bridgehead atoms. The number of aromatic nitrogens is 3. The summed E-state index contributed by atoms with van der Waals surface area (Å²) in [7, 11) is 0. The van der Waals surface area contributed by atoms with E-state index in [1.807, 2.05) is 6.07 Å². The molecule has 1 aliphatic rings. The van der Waals surface area contributed by atoms with Crippen LogP contribution >= 0.6 is 11.6 Å². The average Bonchev–Trinajstić information content (AvgIpc) is 2.92. The summed E-state index contributed by atoms with van der Waals surface area (Å²) in [6.07, 6.45) is 4.32. The predicted molar refractivity (Wildman–Crippen MR) is 57.1 cm³/mol. The van der Waals surface area contributed by atoms with Crippen molar-refractivity contribution in [3.63, 3.8) is 0 Å². The molecule has 1 N–H and O–H groups in total. The maximum absolute atomic E-state index is 5.79. The number of fused-ring (bicyclic) bond motifs is 1. The van der Waals surface area contributed by atoms with Crippen molar-refractivity contribution >= 4 is 22.6 Å². The van der Waals surface area contributed by atoms with Gasteiger partial charge in [-0.1, -0.05) is 0 Å². The molecule has 0 aliphatic heterocycles. The molecule has 2 aromatic rings. The fourth-order valence-corrected chi connectivity index (χ4v) is 1.64. The van der Waals surface area contributed by atoms with Crippen LogP contribution in [-0.4, -0.2) is 21.6 Å². The smallest absolute Gasteiger partial charge is 0.227 e. The van der Waals surface area contributed by atoms with E-state index in [1.165, 1.54) is 12.8 Å². The molecule has 0 atom stereocenters. The Morgan fingerprint density at radius 1 is 1.47 bits per heavy atom. The first-order chi connectivity index (χ1) is 7.33. The highest BCUT2D eigenvalue weighted by atomic mass is 35.5. The lowest BCUT2D eigenvalue weighted by molar-refractivity contribution is 0.292. The number of hydrogen-bond acceptors (Lipinski definition) is 3. The summed E-state index contributed by atoms with van der Waals surface area (Å²) >= 11 is 5.79. The standard InChI is InChI=1S/C10H10ClN3O/c11-10-13-8-7(3-4-12-8)9(14-10)15-5-6-1-2-6/h3-4,6H,1-2,5H2,(H,12,13,14). The van der Waals surface area contributed by atoms with Gasteiger partial charge in [-0.05, 0) is 36.4 Å². The van der Waals surface area contributed by atoms with Crippen LogP contribution in [0.2, 0.25) is 5.28 Å². The summed E-state index contributed by atoms with van der Waals surface area (Å²) in [4.78, 5) is 11.1. The molecule has 2 aromatic heterocycles. The highest BCUT2D eigenvalue weighted by Gasteiger charge is 2.22. The van der Waals surface area contributed by atoms with Gasteiger partial charge in [-0.2, -0.15) is 9.97 Å². The second-order valence-corrected chi connectivity index (χ2v) is 4.13. The van der Waals surface area contributed by atoms with Gasteiger partial charge in [0.05, 0.1) is 12.0 Å². The third-order valence-electron chi connectivity index (χ3n) is 2.51. The molecule has 5 heteroatoms. The van der Waals surface area contributed by atoms with Crippen LogP contribution in [0.3, 0.4) is 0 Å². The molecular weight excluding hydrogens is 214 g/mol. The van der Waals surface area contributed by atoms with Gasteiger partial charge in [0.2, 0.25) is 11.2 Å². The zero-order valence-corrected chi connectivity index (χ0v) is 8.79. The molecule has 15 heavy (non-hydrogen) atoms. The first-order valence-electron chi connectivity index (χ1n) is 4.96. The molecule has 3 rings (SSSR count). The van der Waals surface area contributed by atoms with Crippen LogP contribution in [-0.2, 0) is 0 Å². The molecule has 0 spiro atoms. The number of nitrogens with zero attached hydrogens (tertiary/aromatic N) is 2. The maximum Gasteiger partial charge on any atom is 0.227 e. The summed E-state index contributed by atoms with van der Waals surface area (Å²) in [5, 5.41) is 1.11. The fourth-order valence-electron chi connectivity index (χ4n) is 1.48. The monoisotopic (exact) mass is 223 g/mol. The topological polar surface area (TPSA) is 50.8 Å². The lowest BCUT2D eigenvalue weighted by atomic mass is 10.4. The van der Waals surface area contributed by atoms with Gasteiger partial charge >= 0.3 is 0 Å². The molecular formula is C10H10ClN3O. The van der Waals surface area contributed by atoms with Gasteiger partial charge in [-0.25, -0.2) is 0 Å². The molecule has 4 nitrogen and oxygen atoms in total. The molecule has 0 unspecified atom stereocenters. The number of aromatic amines is 1. The number of halogens is 1. The van der Waals surface area contributed by atoms with E-state index >= 15 is 0 Å². The van der Waals surface area contributed by atoms with Crippen LogP contribution < -0.4 is 4.74 Å². The SMILES string of the molecule is Clc1nc(OCC2CC2)c2cc[nH]c2n1. The summed E-state index contributed by atoms with van der Waals surface area (Å²) in [6.45, 7) is 0.730. The van der Waals surface area contributed by atoms with E-state index in [0.717, 1.165) is 17.6 Å². The Kier molecular flexibility index (Phi) is 2.02. The van der Waals surface area contributed by atoms with E-state index in [2.05, 4.69) is 15.0 Å². The molecule has 0 amide bonds. The fraction of sp³-hybridized carbons (Fsp3) is 0.400. The van der Waals surface area contributed by atoms with Crippen LogP contribution in [0.25, 0.3) is 11.0 Å². The van der Waals surface area contributed by atoms with E-state index in [0.29, 0.717) is 11.8 Å². The number of rotatable bonds is 3. The Morgan fingerprint density at radius 2 is 2.33 bits per heavy atom. The molecule has 2 heterocycles. The Hall–Kier alpha value is -1.29. The summed E-state index contributed by atoms with van der Waals surface area (Å²) in [5.41, 5.74) is 0.723. The van der Waals surface area contributed by atoms with Crippen LogP contribution in [0.1, 0.15) is 12.8 Å². The van der Waals surface area contributed by atoms with Gasteiger partial charge < -0.3 is 9.72 Å². The van der Waals surface area contributed by atoms with Crippen molar-refractivity contribution in [3.05, 3.63) is 17.5 Å². The summed E-state index contributed by atoms with van der Waals surface area (Å²) in [6, 6.07) is 1.90. The van der Waals surface area contributed by atoms with E-state index in [-0.39, 0.29) is 5.28 Å². The first-order valence-corrected chi connectivity index (χ1v) is 5.34. The van der Waals surface area contributed by atoms with Crippen LogP contribution in [0.15, 0.2) is 12.3 Å². The number of H-pyrrole nitrogens is 1. The zero-order valence-electron chi connectivity index (χ0n) is 8.03. The van der Waals surface area contributed by atoms with Crippen molar-refractivity contribution in [2.45, 2.75) is 12.8 Å². The molecule has 1 fully saturated rings. The molecule has 1 saturated carbocycles. The van der Waals surface area contributed by atoms with Gasteiger partial charge in [0.1, 0.15) is 5.65 Å². The van der Waals surface area contributed by atoms with E-state index in [1.54, 1.807) is 6.20 Å². The minimum atomic E-state index is 0.218. The van der Waals surface area contributed by atoms with E-state index in [4.69, 9.17) is 16.3 Å². The largest absolute Gasteiger partial charge is 0.477 e. The Morgan fingerprint density at radius 3 is 3.13 bits per heavy atom. The van der Waals surface area contributed by atoms with Gasteiger partial charge in [-0.3, -0.25) is 0 Å². The van der Waals surface area contributed by atoms with Crippen LogP contribution in [0, 0.1) is 5.92 Å². The second kappa shape index (κ2) is 3.38.